The van der Waals surface area contributed by atoms with E-state index in [2.05, 4.69) is 15.3 Å². The van der Waals surface area contributed by atoms with E-state index in [1.165, 1.54) is 41.1 Å². The average molecular weight is 366 g/mol. The summed E-state index contributed by atoms with van der Waals surface area (Å²) in [6.45, 7) is 1.63. The lowest BCUT2D eigenvalue weighted by Crippen LogP contribution is -2.14. The fourth-order valence-electron chi connectivity index (χ4n) is 2.42. The molecule has 1 aromatic heterocycles. The van der Waals surface area contributed by atoms with Gasteiger partial charge in [0.05, 0.1) is 28.2 Å². The number of hydrogen-bond acceptors (Lipinski definition) is 5. The van der Waals surface area contributed by atoms with Crippen LogP contribution in [0.15, 0.2) is 63.6 Å². The van der Waals surface area contributed by atoms with Gasteiger partial charge in [-0.3, -0.25) is 9.89 Å². The van der Waals surface area contributed by atoms with Crippen molar-refractivity contribution in [2.24, 2.45) is 10.2 Å². The highest BCUT2D eigenvalue weighted by atomic mass is 16.4. The molecule has 9 nitrogen and oxygen atoms in total. The van der Waals surface area contributed by atoms with E-state index >= 15 is 0 Å². The second-order valence-corrected chi connectivity index (χ2v) is 5.64. The summed E-state index contributed by atoms with van der Waals surface area (Å²) in [6.07, 6.45) is 0. The van der Waals surface area contributed by atoms with Crippen molar-refractivity contribution in [2.75, 3.05) is 0 Å². The Kier molecular flexibility index (Phi) is 4.67. The normalized spacial score (nSPS) is 11.0. The first-order valence-electron chi connectivity index (χ1n) is 7.77. The van der Waals surface area contributed by atoms with Gasteiger partial charge in [-0.2, -0.15) is 5.11 Å². The number of carboxylic acid groups (broad SMARTS) is 2. The van der Waals surface area contributed by atoms with Crippen LogP contribution in [0.3, 0.4) is 0 Å². The van der Waals surface area contributed by atoms with E-state index in [0.29, 0.717) is 11.4 Å². The monoisotopic (exact) mass is 366 g/mol. The topological polar surface area (TPSA) is 137 Å². The molecule has 0 aliphatic carbocycles. The Hall–Kier alpha value is -4.01. The first-order valence-corrected chi connectivity index (χ1v) is 7.77. The van der Waals surface area contributed by atoms with Crippen molar-refractivity contribution < 1.29 is 19.8 Å². The van der Waals surface area contributed by atoms with Gasteiger partial charge in [-0.15, -0.1) is 5.11 Å². The lowest BCUT2D eigenvalue weighted by molar-refractivity contribution is 0.0686. The number of nitrogens with one attached hydrogen (secondary N) is 1. The van der Waals surface area contributed by atoms with Crippen molar-refractivity contribution >= 4 is 23.3 Å². The summed E-state index contributed by atoms with van der Waals surface area (Å²) in [5.41, 5.74) is 0.690. The minimum atomic E-state index is -1.11. The Morgan fingerprint density at radius 2 is 1.59 bits per heavy atom. The maximum absolute atomic E-state index is 12.6. The van der Waals surface area contributed by atoms with Crippen LogP contribution >= 0.6 is 0 Å². The molecule has 0 bridgehead atoms. The predicted molar refractivity (Wildman–Crippen MR) is 95.7 cm³/mol. The number of carbonyl (C=O) groups is 2. The van der Waals surface area contributed by atoms with E-state index in [4.69, 9.17) is 10.2 Å². The fraction of sp³-hybridized carbons (Fsp3) is 0.0556. The Bertz CT molecular complexity index is 1130. The first-order chi connectivity index (χ1) is 12.9. The van der Waals surface area contributed by atoms with Crippen molar-refractivity contribution in [1.82, 2.24) is 9.78 Å². The van der Waals surface area contributed by atoms with Gasteiger partial charge < -0.3 is 10.2 Å². The zero-order valence-electron chi connectivity index (χ0n) is 14.1. The number of rotatable bonds is 5. The fourth-order valence-corrected chi connectivity index (χ4v) is 2.42. The summed E-state index contributed by atoms with van der Waals surface area (Å²) in [4.78, 5) is 34.7. The highest BCUT2D eigenvalue weighted by molar-refractivity contribution is 5.88. The van der Waals surface area contributed by atoms with Crippen molar-refractivity contribution in [3.05, 3.63) is 75.7 Å². The standard InChI is InChI=1S/C18H14N4O5/c1-10-15(20-19-13-6-2-4-11(8-13)17(24)25)16(23)22(21-10)14-7-3-5-12(9-14)18(26)27/h2-9,21H,1H3,(H,24,25)(H,26,27). The third kappa shape index (κ3) is 3.66. The zero-order chi connectivity index (χ0) is 19.6. The van der Waals surface area contributed by atoms with Crippen LogP contribution in [0.5, 0.6) is 0 Å². The van der Waals surface area contributed by atoms with Crippen molar-refractivity contribution in [3.8, 4) is 5.69 Å². The van der Waals surface area contributed by atoms with Crippen molar-refractivity contribution in [2.45, 2.75) is 6.92 Å². The van der Waals surface area contributed by atoms with E-state index in [9.17, 15) is 14.4 Å². The number of H-pyrrole nitrogens is 1. The summed E-state index contributed by atoms with van der Waals surface area (Å²) in [6, 6.07) is 11.7. The molecule has 0 saturated carbocycles. The molecule has 0 atom stereocenters. The second-order valence-electron chi connectivity index (χ2n) is 5.64. The summed E-state index contributed by atoms with van der Waals surface area (Å²) in [5, 5.41) is 28.8. The zero-order valence-corrected chi connectivity index (χ0v) is 14.1. The minimum absolute atomic E-state index is 0.0384. The second kappa shape index (κ2) is 7.08. The molecule has 27 heavy (non-hydrogen) atoms. The van der Waals surface area contributed by atoms with Crippen LogP contribution in [-0.2, 0) is 0 Å². The van der Waals surface area contributed by atoms with Gasteiger partial charge in [-0.25, -0.2) is 14.3 Å². The Balaban J connectivity index is 1.98. The third-order valence-corrected chi connectivity index (χ3v) is 3.75. The molecule has 3 rings (SSSR count). The number of aromatic carboxylic acids is 2. The number of aromatic amines is 1. The summed E-state index contributed by atoms with van der Waals surface area (Å²) in [5.74, 6) is -2.20. The summed E-state index contributed by atoms with van der Waals surface area (Å²) >= 11 is 0. The first kappa shape index (κ1) is 17.8. The van der Waals surface area contributed by atoms with Crippen LogP contribution in [0.4, 0.5) is 11.4 Å². The van der Waals surface area contributed by atoms with Crippen LogP contribution in [0.2, 0.25) is 0 Å². The number of aryl methyl sites for hydroxylation is 1. The van der Waals surface area contributed by atoms with Crippen molar-refractivity contribution in [3.63, 3.8) is 0 Å². The lowest BCUT2D eigenvalue weighted by Gasteiger charge is -2.02. The number of aromatic nitrogens is 2. The molecule has 0 radical (unpaired) electrons. The molecule has 0 aliphatic heterocycles. The third-order valence-electron chi connectivity index (χ3n) is 3.75. The lowest BCUT2D eigenvalue weighted by atomic mass is 10.2. The average Bonchev–Trinajstić information content (AvgIpc) is 2.94. The molecular formula is C18H14N4O5. The van der Waals surface area contributed by atoms with Gasteiger partial charge in [-0.05, 0) is 43.3 Å². The minimum Gasteiger partial charge on any atom is -0.478 e. The van der Waals surface area contributed by atoms with Gasteiger partial charge in [0.15, 0.2) is 5.69 Å². The summed E-state index contributed by atoms with van der Waals surface area (Å²) < 4.78 is 1.17. The van der Waals surface area contributed by atoms with Gasteiger partial charge in [0, 0.05) is 0 Å². The summed E-state index contributed by atoms with van der Waals surface area (Å²) in [7, 11) is 0. The number of hydrogen-bond donors (Lipinski definition) is 3. The van der Waals surface area contributed by atoms with Gasteiger partial charge in [0.25, 0.3) is 5.56 Å². The van der Waals surface area contributed by atoms with Gasteiger partial charge >= 0.3 is 11.9 Å². The van der Waals surface area contributed by atoms with E-state index in [-0.39, 0.29) is 22.5 Å². The molecular weight excluding hydrogens is 352 g/mol. The Morgan fingerprint density at radius 3 is 2.26 bits per heavy atom. The Labute approximate surface area is 152 Å². The molecule has 0 fully saturated rings. The highest BCUT2D eigenvalue weighted by Gasteiger charge is 2.13. The molecule has 0 spiro atoms. The molecule has 0 unspecified atom stereocenters. The number of carboxylic acids is 2. The van der Waals surface area contributed by atoms with E-state index in [0.717, 1.165) is 0 Å². The molecule has 3 aromatic rings. The van der Waals surface area contributed by atoms with Gasteiger partial charge in [0.2, 0.25) is 0 Å². The highest BCUT2D eigenvalue weighted by Crippen LogP contribution is 2.20. The van der Waals surface area contributed by atoms with Gasteiger partial charge in [-0.1, -0.05) is 12.1 Å². The Morgan fingerprint density at radius 1 is 0.963 bits per heavy atom. The molecule has 0 saturated heterocycles. The molecule has 136 valence electrons. The molecule has 3 N–H and O–H groups in total. The van der Waals surface area contributed by atoms with Crippen LogP contribution in [0, 0.1) is 6.92 Å². The number of benzene rings is 2. The number of nitrogens with zero attached hydrogens (tertiary/aromatic N) is 3. The maximum Gasteiger partial charge on any atom is 0.335 e. The van der Waals surface area contributed by atoms with E-state index < -0.39 is 17.5 Å². The number of azo groups is 1. The van der Waals surface area contributed by atoms with E-state index in [1.807, 2.05) is 0 Å². The van der Waals surface area contributed by atoms with Gasteiger partial charge in [0.1, 0.15) is 0 Å². The smallest absolute Gasteiger partial charge is 0.335 e. The van der Waals surface area contributed by atoms with Crippen LogP contribution < -0.4 is 5.56 Å². The molecule has 0 aliphatic rings. The largest absolute Gasteiger partial charge is 0.478 e. The SMILES string of the molecule is Cc1[nH]n(-c2cccc(C(=O)O)c2)c(=O)c1N=Nc1cccc(C(=O)O)c1. The van der Waals surface area contributed by atoms with Crippen LogP contribution in [0.1, 0.15) is 26.4 Å². The predicted octanol–water partition coefficient (Wildman–Crippen LogP) is 3.29. The molecule has 1 heterocycles. The maximum atomic E-state index is 12.6. The molecule has 0 amide bonds. The van der Waals surface area contributed by atoms with Crippen molar-refractivity contribution in [1.29, 1.82) is 0 Å². The quantitative estimate of drug-likeness (QED) is 0.595. The van der Waals surface area contributed by atoms with Crippen LogP contribution in [-0.4, -0.2) is 31.9 Å². The molecule has 9 heteroatoms. The van der Waals surface area contributed by atoms with E-state index in [1.54, 1.807) is 19.1 Å². The molecule has 2 aromatic carbocycles. The van der Waals surface area contributed by atoms with Crippen LogP contribution in [0.25, 0.3) is 5.69 Å².